The predicted molar refractivity (Wildman–Crippen MR) is 256 cm³/mol. The second-order valence-corrected chi connectivity index (χ2v) is 20.0. The van der Waals surface area contributed by atoms with Crippen molar-refractivity contribution in [2.45, 2.75) is 110 Å². The lowest BCUT2D eigenvalue weighted by atomic mass is 9.77. The van der Waals surface area contributed by atoms with Crippen LogP contribution in [0.25, 0.3) is 33.3 Å². The van der Waals surface area contributed by atoms with Crippen LogP contribution in [0.15, 0.2) is 73.4 Å². The smallest absolute Gasteiger partial charge is 0.324 e. The minimum Gasteiger partial charge on any atom is -0.464 e. The quantitative estimate of drug-likeness (QED) is 0.145. The number of aryl methyl sites for hydroxylation is 1. The first-order chi connectivity index (χ1) is 32.0. The summed E-state index contributed by atoms with van der Waals surface area (Å²) >= 11 is 0. The number of benzene rings is 2. The summed E-state index contributed by atoms with van der Waals surface area (Å²) in [6.45, 7) is 18.2. The van der Waals surface area contributed by atoms with Crippen LogP contribution in [0.1, 0.15) is 83.7 Å². The molecule has 0 saturated carbocycles. The standard InChI is InChI=1S/C52H66N8O7/c1-10-43(61)57-29-52(30-57)21-24-59(52)50(65)56(8)45(32(3)4)47(62)54-41-26-34-15-12-16-35(25-34)36-19-20-42-38(27-36)39(46(58(42)11-2)37-17-13-22-53-44(37)33(5)66-9)28-51(6,7)31-67-49(64)40-18-14-23-60(55-40)48(41)63/h10,12-13,15-17,19-20,22,25,27,32-33,40-41,45,55H,1,11,14,18,21,23-24,26,28-31H2,2-9H3,(H,54,62)/t33-,40-,41-,45-/m0/s1. The number of aromatic nitrogens is 2. The maximum atomic E-state index is 14.8. The van der Waals surface area contributed by atoms with Gasteiger partial charge in [-0.15, -0.1) is 0 Å². The van der Waals surface area contributed by atoms with Crippen molar-refractivity contribution in [2.24, 2.45) is 11.3 Å². The van der Waals surface area contributed by atoms with E-state index in [4.69, 9.17) is 14.5 Å². The van der Waals surface area contributed by atoms with Crippen LogP contribution in [0, 0.1) is 11.3 Å². The van der Waals surface area contributed by atoms with Crippen LogP contribution in [0.3, 0.4) is 0 Å². The summed E-state index contributed by atoms with van der Waals surface area (Å²) in [7, 11) is 3.31. The van der Waals surface area contributed by atoms with E-state index in [-0.39, 0.29) is 37.0 Å². The van der Waals surface area contributed by atoms with Crippen molar-refractivity contribution >= 4 is 40.6 Å². The molecule has 8 rings (SSSR count). The van der Waals surface area contributed by atoms with Gasteiger partial charge in [0.2, 0.25) is 11.8 Å². The average molecular weight is 915 g/mol. The molecule has 15 heteroatoms. The molecule has 2 N–H and O–H groups in total. The maximum absolute atomic E-state index is 14.8. The van der Waals surface area contributed by atoms with Crippen molar-refractivity contribution in [1.82, 2.24) is 40.0 Å². The lowest BCUT2D eigenvalue weighted by Gasteiger charge is -2.62. The van der Waals surface area contributed by atoms with E-state index < -0.39 is 46.9 Å². The average Bonchev–Trinajstić information content (AvgIpc) is 3.60. The Balaban J connectivity index is 1.16. The van der Waals surface area contributed by atoms with Crippen LogP contribution in [0.5, 0.6) is 0 Å². The van der Waals surface area contributed by atoms with Gasteiger partial charge in [-0.25, -0.2) is 10.2 Å². The minimum atomic E-state index is -1.05. The number of carbonyl (C=O) groups is 5. The van der Waals surface area contributed by atoms with Crippen molar-refractivity contribution < 1.29 is 33.4 Å². The third-order valence-electron chi connectivity index (χ3n) is 14.3. The summed E-state index contributed by atoms with van der Waals surface area (Å²) in [4.78, 5) is 79.4. The molecule has 4 aromatic rings. The van der Waals surface area contributed by atoms with Crippen LogP contribution in [0.2, 0.25) is 0 Å². The number of cyclic esters (lactones) is 1. The second kappa shape index (κ2) is 18.9. The van der Waals surface area contributed by atoms with Crippen molar-refractivity contribution in [3.8, 4) is 22.4 Å². The number of fused-ring (bicyclic) bond motifs is 6. The van der Waals surface area contributed by atoms with E-state index in [2.05, 4.69) is 79.1 Å². The largest absolute Gasteiger partial charge is 0.464 e. The van der Waals surface area contributed by atoms with E-state index in [1.165, 1.54) is 16.0 Å². The number of hydrogen-bond donors (Lipinski definition) is 2. The number of ether oxygens (including phenoxy) is 2. The van der Waals surface area contributed by atoms with Gasteiger partial charge in [-0.1, -0.05) is 64.6 Å². The molecule has 0 aliphatic carbocycles. The second-order valence-electron chi connectivity index (χ2n) is 20.0. The van der Waals surface area contributed by atoms with Gasteiger partial charge in [0.15, 0.2) is 0 Å². The van der Waals surface area contributed by atoms with Crippen molar-refractivity contribution in [1.29, 1.82) is 0 Å². The van der Waals surface area contributed by atoms with Gasteiger partial charge in [-0.3, -0.25) is 29.2 Å². The summed E-state index contributed by atoms with van der Waals surface area (Å²) in [5.74, 6) is -1.79. The fraction of sp³-hybridized carbons (Fsp3) is 0.500. The van der Waals surface area contributed by atoms with Gasteiger partial charge < -0.3 is 34.1 Å². The van der Waals surface area contributed by atoms with E-state index in [1.54, 1.807) is 30.2 Å². The molecule has 5 amide bonds. The number of likely N-dealkylation sites (tertiary alicyclic amines) is 2. The number of hydrazine groups is 1. The molecular weight excluding hydrogens is 849 g/mol. The van der Waals surface area contributed by atoms with E-state index in [1.807, 2.05) is 39.0 Å². The topological polar surface area (TPSA) is 159 Å². The van der Waals surface area contributed by atoms with Gasteiger partial charge in [-0.2, -0.15) is 0 Å². The van der Waals surface area contributed by atoms with E-state index in [9.17, 15) is 24.0 Å². The van der Waals surface area contributed by atoms with E-state index in [0.29, 0.717) is 52.0 Å². The maximum Gasteiger partial charge on any atom is 0.324 e. The number of esters is 1. The molecule has 15 nitrogen and oxygen atoms in total. The van der Waals surface area contributed by atoms with Crippen LogP contribution in [0.4, 0.5) is 4.79 Å². The third kappa shape index (κ3) is 9.07. The highest BCUT2D eigenvalue weighted by molar-refractivity contribution is 5.96. The Morgan fingerprint density at radius 1 is 1.06 bits per heavy atom. The Morgan fingerprint density at radius 3 is 2.51 bits per heavy atom. The lowest BCUT2D eigenvalue weighted by Crippen LogP contribution is -2.79. The molecule has 4 atom stereocenters. The summed E-state index contributed by atoms with van der Waals surface area (Å²) in [6.07, 6.45) is 5.34. The number of nitrogens with one attached hydrogen (secondary N) is 2. The first kappa shape index (κ1) is 47.4. The molecular formula is C52H66N8O7. The molecule has 3 saturated heterocycles. The normalized spacial score (nSPS) is 21.2. The van der Waals surface area contributed by atoms with Gasteiger partial charge in [0.05, 0.1) is 29.6 Å². The van der Waals surface area contributed by atoms with Crippen molar-refractivity contribution in [2.75, 3.05) is 46.9 Å². The summed E-state index contributed by atoms with van der Waals surface area (Å²) in [5, 5.41) is 5.60. The summed E-state index contributed by atoms with van der Waals surface area (Å²) < 4.78 is 14.3. The van der Waals surface area contributed by atoms with E-state index in [0.717, 1.165) is 56.5 Å². The first-order valence-electron chi connectivity index (χ1n) is 23.7. The highest BCUT2D eigenvalue weighted by Gasteiger charge is 2.57. The molecule has 1 spiro atoms. The molecule has 2 aromatic heterocycles. The molecule has 2 aromatic carbocycles. The zero-order valence-electron chi connectivity index (χ0n) is 40.3. The highest BCUT2D eigenvalue weighted by atomic mass is 16.5. The van der Waals surface area contributed by atoms with Crippen LogP contribution < -0.4 is 10.7 Å². The van der Waals surface area contributed by atoms with Gasteiger partial charge in [0.25, 0.3) is 5.91 Å². The van der Waals surface area contributed by atoms with Gasteiger partial charge >= 0.3 is 12.0 Å². The van der Waals surface area contributed by atoms with Gasteiger partial charge in [0.1, 0.15) is 18.1 Å². The molecule has 3 fully saturated rings. The number of rotatable bonds is 9. The SMILES string of the molecule is C=CC(=O)N1CC2(CCN2C(=O)N(C)[C@H](C(=O)N[C@H]2Cc3cccc(c3)-c3ccc4c(c3)c(c(-c3cccnc3[C@H](C)OC)n4CC)CC(C)(C)COC(=O)[C@@H]3CCCN(N3)C2=O)C(C)C)C1. The molecule has 4 aliphatic rings. The number of amides is 5. The molecule has 6 heterocycles. The molecule has 6 bridgehead atoms. The first-order valence-corrected chi connectivity index (χ1v) is 23.7. The number of nitrogens with zero attached hydrogens (tertiary/aromatic N) is 6. The Morgan fingerprint density at radius 2 is 1.82 bits per heavy atom. The Hall–Kier alpha value is -6.06. The fourth-order valence-electron chi connectivity index (χ4n) is 10.6. The molecule has 67 heavy (non-hydrogen) atoms. The number of pyridine rings is 1. The number of likely N-dealkylation sites (N-methyl/N-ethyl adjacent to an activating group) is 1. The number of hydrogen-bond acceptors (Lipinski definition) is 9. The zero-order chi connectivity index (χ0) is 47.9. The Kier molecular flexibility index (Phi) is 13.4. The van der Waals surface area contributed by atoms with Crippen molar-refractivity contribution in [3.63, 3.8) is 0 Å². The predicted octanol–water partition coefficient (Wildman–Crippen LogP) is 6.30. The highest BCUT2D eigenvalue weighted by Crippen LogP contribution is 2.43. The lowest BCUT2D eigenvalue weighted by molar-refractivity contribution is -0.155. The zero-order valence-corrected chi connectivity index (χ0v) is 40.3. The monoisotopic (exact) mass is 915 g/mol. The number of carbonyl (C=O) groups excluding carboxylic acids is 5. The summed E-state index contributed by atoms with van der Waals surface area (Å²) in [6, 6.07) is 15.6. The van der Waals surface area contributed by atoms with Gasteiger partial charge in [-0.05, 0) is 98.0 Å². The van der Waals surface area contributed by atoms with Crippen LogP contribution in [-0.2, 0) is 48.0 Å². The molecule has 4 aliphatic heterocycles. The minimum absolute atomic E-state index is 0.136. The van der Waals surface area contributed by atoms with Gasteiger partial charge in [0, 0.05) is 81.4 Å². The molecule has 356 valence electrons. The third-order valence-corrected chi connectivity index (χ3v) is 14.3. The van der Waals surface area contributed by atoms with Crippen LogP contribution in [-0.4, -0.2) is 130 Å². The molecule has 0 radical (unpaired) electrons. The van der Waals surface area contributed by atoms with E-state index >= 15 is 0 Å². The van der Waals surface area contributed by atoms with Crippen LogP contribution >= 0.6 is 0 Å². The number of urea groups is 1. The summed E-state index contributed by atoms with van der Waals surface area (Å²) in [5.41, 5.74) is 10.0. The van der Waals surface area contributed by atoms with Crippen molar-refractivity contribution in [3.05, 3.63) is 90.3 Å². The molecule has 0 unspecified atom stereocenters. The number of methoxy groups -OCH3 is 1. The Labute approximate surface area is 393 Å². The fourth-order valence-corrected chi connectivity index (χ4v) is 10.6. The Bertz CT molecular complexity index is 2580.